The molecule has 1 N–H and O–H groups in total. The van der Waals surface area contributed by atoms with E-state index in [1.807, 2.05) is 12.1 Å². The largest absolute Gasteiger partial charge is 0.350 e. The van der Waals surface area contributed by atoms with E-state index in [0.29, 0.717) is 5.02 Å². The van der Waals surface area contributed by atoms with Crippen LogP contribution in [0.2, 0.25) is 5.02 Å². The number of hydrogen-bond acceptors (Lipinski definition) is 3. The third-order valence-corrected chi connectivity index (χ3v) is 3.95. The summed E-state index contributed by atoms with van der Waals surface area (Å²) in [5.41, 5.74) is 0.784. The minimum atomic E-state index is -0.808. The van der Waals surface area contributed by atoms with E-state index in [2.05, 4.69) is 5.32 Å². The highest BCUT2D eigenvalue weighted by atomic mass is 35.5. The van der Waals surface area contributed by atoms with Crippen LogP contribution in [0.3, 0.4) is 0 Å². The molecule has 1 saturated heterocycles. The summed E-state index contributed by atoms with van der Waals surface area (Å²) in [6, 6.07) is 6.37. The van der Waals surface area contributed by atoms with Gasteiger partial charge < -0.3 is 5.32 Å². The van der Waals surface area contributed by atoms with Gasteiger partial charge in [-0.15, -0.1) is 0 Å². The summed E-state index contributed by atoms with van der Waals surface area (Å²) < 4.78 is 0. The Kier molecular flexibility index (Phi) is 4.63. The topological polar surface area (TPSA) is 66.5 Å². The Morgan fingerprint density at radius 1 is 1.43 bits per heavy atom. The van der Waals surface area contributed by atoms with Crippen LogP contribution in [0, 0.1) is 5.92 Å². The van der Waals surface area contributed by atoms with E-state index in [4.69, 9.17) is 11.6 Å². The molecule has 0 aliphatic carbocycles. The van der Waals surface area contributed by atoms with E-state index in [0.717, 1.165) is 10.5 Å². The van der Waals surface area contributed by atoms with Crippen LogP contribution in [0.15, 0.2) is 24.3 Å². The molecule has 0 saturated carbocycles. The predicted molar refractivity (Wildman–Crippen MR) is 78.4 cm³/mol. The fourth-order valence-corrected chi connectivity index (χ4v) is 2.51. The van der Waals surface area contributed by atoms with Gasteiger partial charge in [-0.3, -0.25) is 19.3 Å². The first-order chi connectivity index (χ1) is 9.91. The van der Waals surface area contributed by atoms with E-state index >= 15 is 0 Å². The van der Waals surface area contributed by atoms with Crippen LogP contribution in [0.1, 0.15) is 25.8 Å². The highest BCUT2D eigenvalue weighted by Gasteiger charge is 2.40. The molecular formula is C15H17ClN2O3. The number of hydrogen-bond donors (Lipinski definition) is 1. The van der Waals surface area contributed by atoms with Crippen molar-refractivity contribution >= 4 is 29.3 Å². The van der Waals surface area contributed by atoms with Gasteiger partial charge in [-0.25, -0.2) is 0 Å². The highest BCUT2D eigenvalue weighted by molar-refractivity contribution is 6.31. The maximum Gasteiger partial charge on any atom is 0.243 e. The summed E-state index contributed by atoms with van der Waals surface area (Å²) in [5.74, 6) is -1.31. The van der Waals surface area contributed by atoms with Crippen molar-refractivity contribution in [3.63, 3.8) is 0 Å². The van der Waals surface area contributed by atoms with Crippen molar-refractivity contribution < 1.29 is 14.4 Å². The van der Waals surface area contributed by atoms with E-state index in [9.17, 15) is 14.4 Å². The van der Waals surface area contributed by atoms with Crippen molar-refractivity contribution in [3.05, 3.63) is 34.9 Å². The second kappa shape index (κ2) is 6.26. The summed E-state index contributed by atoms with van der Waals surface area (Å²) in [6.45, 7) is 3.50. The number of carbonyl (C=O) groups excluding carboxylic acids is 3. The first kappa shape index (κ1) is 15.5. The smallest absolute Gasteiger partial charge is 0.243 e. The van der Waals surface area contributed by atoms with Crippen molar-refractivity contribution in [3.8, 4) is 0 Å². The molecule has 2 unspecified atom stereocenters. The molecule has 1 aromatic rings. The minimum Gasteiger partial charge on any atom is -0.350 e. The van der Waals surface area contributed by atoms with Crippen LogP contribution >= 0.6 is 11.6 Å². The average molecular weight is 309 g/mol. The van der Waals surface area contributed by atoms with E-state index in [-0.39, 0.29) is 36.6 Å². The van der Waals surface area contributed by atoms with Gasteiger partial charge in [0.05, 0.1) is 0 Å². The van der Waals surface area contributed by atoms with Gasteiger partial charge in [-0.05, 0) is 18.6 Å². The molecule has 2 atom stereocenters. The minimum absolute atomic E-state index is 0.168. The van der Waals surface area contributed by atoms with Gasteiger partial charge >= 0.3 is 0 Å². The van der Waals surface area contributed by atoms with Crippen molar-refractivity contribution in [2.75, 3.05) is 0 Å². The lowest BCUT2D eigenvalue weighted by Gasteiger charge is -2.22. The molecule has 0 radical (unpaired) electrons. The Bertz CT molecular complexity index is 588. The molecule has 112 valence electrons. The van der Waals surface area contributed by atoms with Crippen molar-refractivity contribution in [1.82, 2.24) is 10.2 Å². The van der Waals surface area contributed by atoms with Crippen LogP contribution in [0.4, 0.5) is 0 Å². The molecule has 0 bridgehead atoms. The van der Waals surface area contributed by atoms with E-state index in [1.165, 1.54) is 0 Å². The van der Waals surface area contributed by atoms with Crippen molar-refractivity contribution in [2.24, 2.45) is 5.92 Å². The zero-order valence-corrected chi connectivity index (χ0v) is 12.7. The number of imide groups is 1. The molecule has 1 aromatic carbocycles. The van der Waals surface area contributed by atoms with Crippen molar-refractivity contribution in [2.45, 2.75) is 32.9 Å². The number of likely N-dealkylation sites (tertiary alicyclic amines) is 1. The highest BCUT2D eigenvalue weighted by Crippen LogP contribution is 2.21. The lowest BCUT2D eigenvalue weighted by molar-refractivity contribution is -0.146. The molecule has 2 rings (SSSR count). The van der Waals surface area contributed by atoms with Gasteiger partial charge in [0, 0.05) is 23.9 Å². The lowest BCUT2D eigenvalue weighted by atomic mass is 10.1. The number of rotatable bonds is 4. The van der Waals surface area contributed by atoms with Crippen LogP contribution < -0.4 is 5.32 Å². The second-order valence-corrected chi connectivity index (χ2v) is 5.60. The lowest BCUT2D eigenvalue weighted by Crippen LogP contribution is -2.47. The number of amides is 3. The molecule has 21 heavy (non-hydrogen) atoms. The zero-order valence-electron chi connectivity index (χ0n) is 11.9. The number of carbonyl (C=O) groups is 3. The number of halogens is 1. The maximum atomic E-state index is 12.1. The molecule has 1 fully saturated rings. The Balaban J connectivity index is 1.99. The van der Waals surface area contributed by atoms with Crippen LogP contribution in [0.25, 0.3) is 0 Å². The predicted octanol–water partition coefficient (Wildman–Crippen LogP) is 1.74. The van der Waals surface area contributed by atoms with E-state index < -0.39 is 6.04 Å². The first-order valence-electron chi connectivity index (χ1n) is 6.79. The Hall–Kier alpha value is -1.88. The molecule has 6 heteroatoms. The Morgan fingerprint density at radius 3 is 2.67 bits per heavy atom. The molecule has 0 aromatic heterocycles. The third kappa shape index (κ3) is 3.24. The number of nitrogens with one attached hydrogen (secondary N) is 1. The van der Waals surface area contributed by atoms with Gasteiger partial charge in [-0.1, -0.05) is 36.7 Å². The van der Waals surface area contributed by atoms with E-state index in [1.54, 1.807) is 26.0 Å². The summed E-state index contributed by atoms with van der Waals surface area (Å²) >= 11 is 6.01. The fraction of sp³-hybridized carbons (Fsp3) is 0.400. The summed E-state index contributed by atoms with van der Waals surface area (Å²) in [7, 11) is 0. The van der Waals surface area contributed by atoms with Gasteiger partial charge in [0.25, 0.3) is 0 Å². The third-order valence-electron chi connectivity index (χ3n) is 3.59. The first-order valence-corrected chi connectivity index (χ1v) is 7.16. The summed E-state index contributed by atoms with van der Waals surface area (Å²) in [5, 5.41) is 3.27. The monoisotopic (exact) mass is 308 g/mol. The second-order valence-electron chi connectivity index (χ2n) is 5.19. The molecule has 5 nitrogen and oxygen atoms in total. The normalized spacial score (nSPS) is 19.8. The molecule has 1 aliphatic rings. The van der Waals surface area contributed by atoms with Crippen LogP contribution in [0.5, 0.6) is 0 Å². The summed E-state index contributed by atoms with van der Waals surface area (Å²) in [4.78, 5) is 36.8. The maximum absolute atomic E-state index is 12.1. The van der Waals surface area contributed by atoms with Gasteiger partial charge in [0.2, 0.25) is 17.7 Å². The average Bonchev–Trinajstić information content (AvgIpc) is 2.70. The quantitative estimate of drug-likeness (QED) is 0.862. The molecule has 1 aliphatic heterocycles. The molecular weight excluding hydrogens is 292 g/mol. The fourth-order valence-electron chi connectivity index (χ4n) is 2.30. The zero-order chi connectivity index (χ0) is 15.6. The SMILES string of the molecule is CC1CC(=O)N(C(C)C(=O)NCc2ccccc2Cl)C1=O. The van der Waals surface area contributed by atoms with Gasteiger partial charge in [0.1, 0.15) is 6.04 Å². The molecule has 3 amide bonds. The standard InChI is InChI=1S/C15H17ClN2O3/c1-9-7-13(19)18(15(9)21)10(2)14(20)17-8-11-5-3-4-6-12(11)16/h3-6,9-10H,7-8H2,1-2H3,(H,17,20). The van der Waals surface area contributed by atoms with Crippen LogP contribution in [-0.4, -0.2) is 28.7 Å². The van der Waals surface area contributed by atoms with Crippen molar-refractivity contribution in [1.29, 1.82) is 0 Å². The number of nitrogens with zero attached hydrogens (tertiary/aromatic N) is 1. The Morgan fingerprint density at radius 2 is 2.10 bits per heavy atom. The summed E-state index contributed by atoms with van der Waals surface area (Å²) in [6.07, 6.45) is 0.168. The van der Waals surface area contributed by atoms with Gasteiger partial charge in [-0.2, -0.15) is 0 Å². The van der Waals surface area contributed by atoms with Gasteiger partial charge in [0.15, 0.2) is 0 Å². The Labute approximate surface area is 128 Å². The molecule has 0 spiro atoms. The van der Waals surface area contributed by atoms with Crippen LogP contribution in [-0.2, 0) is 20.9 Å². The number of benzene rings is 1. The molecule has 1 heterocycles.